The molecule has 2 heterocycles. The van der Waals surface area contributed by atoms with Crippen LogP contribution in [0, 0.1) is 0 Å². The first-order valence-electron chi connectivity index (χ1n) is 7.79. The van der Waals surface area contributed by atoms with Gasteiger partial charge in [-0.1, -0.05) is 13.8 Å². The second-order valence-corrected chi connectivity index (χ2v) is 5.32. The van der Waals surface area contributed by atoms with Crippen molar-refractivity contribution in [2.45, 2.75) is 33.4 Å². The van der Waals surface area contributed by atoms with Crippen molar-refractivity contribution in [1.29, 1.82) is 0 Å². The van der Waals surface area contributed by atoms with Crippen molar-refractivity contribution < 1.29 is 9.53 Å². The van der Waals surface area contributed by atoms with Crippen LogP contribution in [0.1, 0.15) is 32.5 Å². The summed E-state index contributed by atoms with van der Waals surface area (Å²) >= 11 is 0. The third-order valence-corrected chi connectivity index (χ3v) is 4.03. The second kappa shape index (κ2) is 7.56. The molecule has 0 saturated heterocycles. The van der Waals surface area contributed by atoms with Crippen molar-refractivity contribution in [3.8, 4) is 0 Å². The predicted octanol–water partition coefficient (Wildman–Crippen LogP) is 1.14. The number of carbonyl (C=O) groups is 1. The van der Waals surface area contributed by atoms with Gasteiger partial charge >= 0.3 is 0 Å². The first-order chi connectivity index (χ1) is 10.2. The van der Waals surface area contributed by atoms with Crippen molar-refractivity contribution in [2.24, 2.45) is 0 Å². The zero-order valence-corrected chi connectivity index (χ0v) is 13.3. The van der Waals surface area contributed by atoms with Gasteiger partial charge in [-0.05, 0) is 26.1 Å². The molecule has 0 aliphatic carbocycles. The number of fused-ring (bicyclic) bond motifs is 1. The Hall–Kier alpha value is -1.40. The molecule has 6 heteroatoms. The second-order valence-electron chi connectivity index (χ2n) is 5.32. The Morgan fingerprint density at radius 2 is 2.19 bits per heavy atom. The summed E-state index contributed by atoms with van der Waals surface area (Å²) < 4.78 is 7.32. The number of amides is 1. The summed E-state index contributed by atoms with van der Waals surface area (Å²) in [6.07, 6.45) is 1.82. The molecule has 1 aliphatic heterocycles. The molecule has 21 heavy (non-hydrogen) atoms. The third kappa shape index (κ3) is 3.83. The molecule has 1 atom stereocenters. The van der Waals surface area contributed by atoms with Crippen LogP contribution in [-0.2, 0) is 16.1 Å². The normalized spacial score (nSPS) is 18.1. The highest BCUT2D eigenvalue weighted by atomic mass is 16.5. The number of likely N-dealkylation sites (N-methyl/N-ethyl adjacent to an activating group) is 1. The fraction of sp³-hybridized carbons (Fsp3) is 0.733. The van der Waals surface area contributed by atoms with E-state index in [9.17, 15) is 4.79 Å². The smallest absolute Gasteiger partial charge is 0.248 e. The molecule has 0 N–H and O–H groups in total. The molecule has 0 aromatic carbocycles. The van der Waals surface area contributed by atoms with E-state index in [1.54, 1.807) is 0 Å². The zero-order valence-electron chi connectivity index (χ0n) is 13.3. The van der Waals surface area contributed by atoms with Crippen molar-refractivity contribution in [2.75, 3.05) is 39.4 Å². The van der Waals surface area contributed by atoms with E-state index in [1.165, 1.54) is 0 Å². The van der Waals surface area contributed by atoms with Gasteiger partial charge in [-0.3, -0.25) is 9.48 Å². The minimum absolute atomic E-state index is 0.0637. The zero-order chi connectivity index (χ0) is 15.2. The number of aromatic nitrogens is 2. The fourth-order valence-corrected chi connectivity index (χ4v) is 2.77. The van der Waals surface area contributed by atoms with Crippen LogP contribution in [0.5, 0.6) is 0 Å². The van der Waals surface area contributed by atoms with Crippen molar-refractivity contribution >= 4 is 5.91 Å². The maximum atomic E-state index is 12.2. The lowest BCUT2D eigenvalue weighted by Crippen LogP contribution is -2.46. The lowest BCUT2D eigenvalue weighted by atomic mass is 10.1. The average Bonchev–Trinajstić information content (AvgIpc) is 2.98. The molecular weight excluding hydrogens is 268 g/mol. The Morgan fingerprint density at radius 3 is 2.86 bits per heavy atom. The predicted molar refractivity (Wildman–Crippen MR) is 81.0 cm³/mol. The van der Waals surface area contributed by atoms with Crippen molar-refractivity contribution in [3.63, 3.8) is 0 Å². The minimum atomic E-state index is 0.0637. The maximum Gasteiger partial charge on any atom is 0.248 e. The molecular formula is C15H26N4O2. The van der Waals surface area contributed by atoms with Crippen LogP contribution in [0.4, 0.5) is 0 Å². The van der Waals surface area contributed by atoms with Gasteiger partial charge in [-0.25, -0.2) is 0 Å². The Kier molecular flexibility index (Phi) is 5.76. The molecule has 0 bridgehead atoms. The molecule has 1 aliphatic rings. The van der Waals surface area contributed by atoms with E-state index >= 15 is 0 Å². The highest BCUT2D eigenvalue weighted by Crippen LogP contribution is 2.21. The van der Waals surface area contributed by atoms with Crippen LogP contribution < -0.4 is 0 Å². The van der Waals surface area contributed by atoms with E-state index in [2.05, 4.69) is 28.5 Å². The number of nitrogens with zero attached hydrogens (tertiary/aromatic N) is 4. The maximum absolute atomic E-state index is 12.2. The molecule has 0 radical (unpaired) electrons. The van der Waals surface area contributed by atoms with Crippen LogP contribution in [0.25, 0.3) is 0 Å². The van der Waals surface area contributed by atoms with Crippen LogP contribution in [0.3, 0.4) is 0 Å². The van der Waals surface area contributed by atoms with Crippen LogP contribution in [-0.4, -0.2) is 64.9 Å². The average molecular weight is 294 g/mol. The van der Waals surface area contributed by atoms with Gasteiger partial charge in [0, 0.05) is 25.9 Å². The molecule has 0 saturated carbocycles. The summed E-state index contributed by atoms with van der Waals surface area (Å²) in [5.41, 5.74) is 1.10. The van der Waals surface area contributed by atoms with Gasteiger partial charge in [0.15, 0.2) is 0 Å². The Balaban J connectivity index is 2.08. The summed E-state index contributed by atoms with van der Waals surface area (Å²) in [4.78, 5) is 16.5. The van der Waals surface area contributed by atoms with Gasteiger partial charge < -0.3 is 14.5 Å². The van der Waals surface area contributed by atoms with Crippen LogP contribution in [0.15, 0.2) is 12.3 Å². The number of hydrogen-bond acceptors (Lipinski definition) is 4. The van der Waals surface area contributed by atoms with E-state index in [0.29, 0.717) is 19.7 Å². The van der Waals surface area contributed by atoms with Crippen molar-refractivity contribution in [3.05, 3.63) is 18.0 Å². The van der Waals surface area contributed by atoms with Crippen LogP contribution >= 0.6 is 0 Å². The highest BCUT2D eigenvalue weighted by molar-refractivity contribution is 5.77. The van der Waals surface area contributed by atoms with E-state index in [-0.39, 0.29) is 18.6 Å². The van der Waals surface area contributed by atoms with E-state index in [1.807, 2.05) is 24.1 Å². The summed E-state index contributed by atoms with van der Waals surface area (Å²) in [5.74, 6) is 0.0637. The number of rotatable bonds is 7. The largest absolute Gasteiger partial charge is 0.372 e. The van der Waals surface area contributed by atoms with Gasteiger partial charge in [0.2, 0.25) is 5.91 Å². The number of hydrogen-bond donors (Lipinski definition) is 0. The molecule has 6 nitrogen and oxygen atoms in total. The standard InChI is InChI=1S/C15H26N4O2/c1-4-17(5-2)9-14-11-18(15(20)12-21-6-3)10-13-7-8-16-19(13)14/h7-8,14H,4-6,9-12H2,1-3H3/t14-/m0/s1. The lowest BCUT2D eigenvalue weighted by Gasteiger charge is -2.36. The molecule has 1 amide bonds. The quantitative estimate of drug-likeness (QED) is 0.757. The van der Waals surface area contributed by atoms with E-state index in [0.717, 1.165) is 25.3 Å². The lowest BCUT2D eigenvalue weighted by molar-refractivity contribution is -0.138. The molecule has 1 aromatic heterocycles. The van der Waals surface area contributed by atoms with Gasteiger partial charge in [0.25, 0.3) is 0 Å². The van der Waals surface area contributed by atoms with Gasteiger partial charge in [0.1, 0.15) is 6.61 Å². The summed E-state index contributed by atoms with van der Waals surface area (Å²) in [5, 5.41) is 4.44. The SMILES string of the molecule is CCOCC(=O)N1Cc2ccnn2[C@@H](CN(CC)CC)C1. The first kappa shape index (κ1) is 16.0. The number of carbonyl (C=O) groups excluding carboxylic acids is 1. The molecule has 1 aromatic rings. The monoisotopic (exact) mass is 294 g/mol. The summed E-state index contributed by atoms with van der Waals surface area (Å²) in [7, 11) is 0. The van der Waals surface area contributed by atoms with E-state index < -0.39 is 0 Å². The Labute approximate surface area is 126 Å². The number of ether oxygens (including phenoxy) is 1. The fourth-order valence-electron chi connectivity index (χ4n) is 2.77. The van der Waals surface area contributed by atoms with E-state index in [4.69, 9.17) is 4.74 Å². The first-order valence-corrected chi connectivity index (χ1v) is 7.79. The van der Waals surface area contributed by atoms with Gasteiger partial charge in [-0.2, -0.15) is 5.10 Å². The molecule has 2 rings (SSSR count). The topological polar surface area (TPSA) is 50.6 Å². The van der Waals surface area contributed by atoms with Gasteiger partial charge in [-0.15, -0.1) is 0 Å². The molecule has 0 spiro atoms. The van der Waals surface area contributed by atoms with Gasteiger partial charge in [0.05, 0.1) is 18.3 Å². The highest BCUT2D eigenvalue weighted by Gasteiger charge is 2.29. The molecule has 0 fully saturated rings. The minimum Gasteiger partial charge on any atom is -0.372 e. The third-order valence-electron chi connectivity index (χ3n) is 4.03. The Bertz CT molecular complexity index is 456. The molecule has 118 valence electrons. The van der Waals surface area contributed by atoms with Crippen LogP contribution in [0.2, 0.25) is 0 Å². The summed E-state index contributed by atoms with van der Waals surface area (Å²) in [6.45, 7) is 11.2. The molecule has 0 unspecified atom stereocenters. The van der Waals surface area contributed by atoms with Crippen molar-refractivity contribution in [1.82, 2.24) is 19.6 Å². The Morgan fingerprint density at radius 1 is 1.43 bits per heavy atom. The summed E-state index contributed by atoms with van der Waals surface area (Å²) in [6, 6.07) is 2.21.